The molecule has 0 amide bonds. The summed E-state index contributed by atoms with van der Waals surface area (Å²) in [6.07, 6.45) is 3.42. The number of thioether (sulfide) groups is 1. The van der Waals surface area contributed by atoms with E-state index >= 15 is 0 Å². The van der Waals surface area contributed by atoms with Crippen LogP contribution in [0.2, 0.25) is 0 Å². The van der Waals surface area contributed by atoms with Crippen LogP contribution in [0.15, 0.2) is 18.3 Å². The van der Waals surface area contributed by atoms with Gasteiger partial charge < -0.3 is 9.84 Å². The molecule has 76 valence electrons. The molecule has 0 saturated carbocycles. The number of ether oxygens (including phenoxy) is 1. The predicted molar refractivity (Wildman–Crippen MR) is 55.1 cm³/mol. The second kappa shape index (κ2) is 5.49. The van der Waals surface area contributed by atoms with Crippen LogP contribution in [0.25, 0.3) is 0 Å². The van der Waals surface area contributed by atoms with Gasteiger partial charge >= 0.3 is 5.97 Å². The maximum absolute atomic E-state index is 10.5. The SMILES string of the molecule is CSCCOc1ccc(C(=O)O)nc1. The van der Waals surface area contributed by atoms with Crippen LogP contribution >= 0.6 is 11.8 Å². The van der Waals surface area contributed by atoms with Crippen LogP contribution < -0.4 is 4.74 Å². The van der Waals surface area contributed by atoms with Crippen LogP contribution in [0.4, 0.5) is 0 Å². The zero-order chi connectivity index (χ0) is 10.4. The molecular weight excluding hydrogens is 202 g/mol. The predicted octanol–water partition coefficient (Wildman–Crippen LogP) is 1.52. The van der Waals surface area contributed by atoms with E-state index in [9.17, 15) is 4.79 Å². The van der Waals surface area contributed by atoms with Crippen molar-refractivity contribution in [3.63, 3.8) is 0 Å². The number of pyridine rings is 1. The number of carboxylic acids is 1. The molecule has 0 aromatic carbocycles. The molecule has 0 spiro atoms. The molecule has 0 saturated heterocycles. The first-order valence-corrected chi connectivity index (χ1v) is 5.44. The van der Waals surface area contributed by atoms with Crippen LogP contribution in [-0.4, -0.2) is 34.7 Å². The van der Waals surface area contributed by atoms with Crippen molar-refractivity contribution in [2.24, 2.45) is 0 Å². The summed E-state index contributed by atoms with van der Waals surface area (Å²) in [6, 6.07) is 3.04. The molecule has 5 heteroatoms. The summed E-state index contributed by atoms with van der Waals surface area (Å²) in [6.45, 7) is 0.606. The molecular formula is C9H11NO3S. The van der Waals surface area contributed by atoms with Gasteiger partial charge in [0.1, 0.15) is 11.4 Å². The Balaban J connectivity index is 2.51. The standard InChI is InChI=1S/C9H11NO3S/c1-14-5-4-13-7-2-3-8(9(11)12)10-6-7/h2-3,6H,4-5H2,1H3,(H,11,12). The fraction of sp³-hybridized carbons (Fsp3) is 0.333. The zero-order valence-electron chi connectivity index (χ0n) is 7.77. The first-order valence-electron chi connectivity index (χ1n) is 4.05. The molecule has 1 rings (SSSR count). The average Bonchev–Trinajstić information content (AvgIpc) is 2.19. The van der Waals surface area contributed by atoms with Crippen molar-refractivity contribution >= 4 is 17.7 Å². The Bertz CT molecular complexity index is 299. The van der Waals surface area contributed by atoms with Crippen LogP contribution in [0.5, 0.6) is 5.75 Å². The van der Waals surface area contributed by atoms with Gasteiger partial charge in [-0.25, -0.2) is 9.78 Å². The molecule has 1 aromatic rings. The monoisotopic (exact) mass is 213 g/mol. The Morgan fingerprint density at radius 1 is 1.64 bits per heavy atom. The lowest BCUT2D eigenvalue weighted by molar-refractivity contribution is 0.0690. The Labute approximate surface area is 86.3 Å². The maximum Gasteiger partial charge on any atom is 0.354 e. The second-order valence-corrected chi connectivity index (χ2v) is 3.51. The van der Waals surface area contributed by atoms with Crippen LogP contribution in [-0.2, 0) is 0 Å². The first kappa shape index (κ1) is 10.8. The van der Waals surface area contributed by atoms with E-state index in [1.54, 1.807) is 17.8 Å². The van der Waals surface area contributed by atoms with Crippen molar-refractivity contribution in [2.75, 3.05) is 18.6 Å². The van der Waals surface area contributed by atoms with E-state index in [2.05, 4.69) is 4.98 Å². The third-order valence-electron chi connectivity index (χ3n) is 1.51. The minimum Gasteiger partial charge on any atom is -0.491 e. The molecule has 0 fully saturated rings. The summed E-state index contributed by atoms with van der Waals surface area (Å²) in [5.74, 6) is 0.477. The number of aromatic carboxylic acids is 1. The van der Waals surface area contributed by atoms with E-state index in [-0.39, 0.29) is 5.69 Å². The molecule has 0 radical (unpaired) electrons. The minimum atomic E-state index is -1.03. The van der Waals surface area contributed by atoms with Crippen molar-refractivity contribution in [2.45, 2.75) is 0 Å². The van der Waals surface area contributed by atoms with Gasteiger partial charge in [-0.05, 0) is 18.4 Å². The Morgan fingerprint density at radius 2 is 2.43 bits per heavy atom. The van der Waals surface area contributed by atoms with Crippen molar-refractivity contribution < 1.29 is 14.6 Å². The summed E-state index contributed by atoms with van der Waals surface area (Å²) < 4.78 is 5.30. The van der Waals surface area contributed by atoms with E-state index in [0.717, 1.165) is 5.75 Å². The molecule has 14 heavy (non-hydrogen) atoms. The van der Waals surface area contributed by atoms with Crippen LogP contribution in [0.3, 0.4) is 0 Å². The Hall–Kier alpha value is -1.23. The number of rotatable bonds is 5. The van der Waals surface area contributed by atoms with Crippen LogP contribution in [0.1, 0.15) is 10.5 Å². The molecule has 1 heterocycles. The van der Waals surface area contributed by atoms with Gasteiger partial charge in [0.05, 0.1) is 12.8 Å². The van der Waals surface area contributed by atoms with Gasteiger partial charge in [0.25, 0.3) is 0 Å². The van der Waals surface area contributed by atoms with Crippen LogP contribution in [0, 0.1) is 0 Å². The molecule has 0 atom stereocenters. The number of aromatic nitrogens is 1. The fourth-order valence-corrected chi connectivity index (χ4v) is 1.09. The van der Waals surface area contributed by atoms with E-state index < -0.39 is 5.97 Å². The van der Waals surface area contributed by atoms with E-state index in [1.165, 1.54) is 12.3 Å². The summed E-state index contributed by atoms with van der Waals surface area (Å²) in [5, 5.41) is 8.58. The van der Waals surface area contributed by atoms with E-state index in [0.29, 0.717) is 12.4 Å². The molecule has 0 aliphatic carbocycles. The second-order valence-electron chi connectivity index (χ2n) is 2.53. The van der Waals surface area contributed by atoms with Gasteiger partial charge in [-0.15, -0.1) is 0 Å². The molecule has 0 aliphatic rings. The summed E-state index contributed by atoms with van der Waals surface area (Å²) >= 11 is 1.69. The largest absolute Gasteiger partial charge is 0.491 e. The highest BCUT2D eigenvalue weighted by Gasteiger charge is 2.03. The zero-order valence-corrected chi connectivity index (χ0v) is 8.58. The van der Waals surface area contributed by atoms with Gasteiger partial charge in [-0.1, -0.05) is 0 Å². The van der Waals surface area contributed by atoms with Gasteiger partial charge in [-0.3, -0.25) is 0 Å². The highest BCUT2D eigenvalue weighted by Crippen LogP contribution is 2.09. The summed E-state index contributed by atoms with van der Waals surface area (Å²) in [4.78, 5) is 14.2. The van der Waals surface area contributed by atoms with Gasteiger partial charge in [0.2, 0.25) is 0 Å². The van der Waals surface area contributed by atoms with Crippen molar-refractivity contribution in [3.8, 4) is 5.75 Å². The molecule has 0 unspecified atom stereocenters. The molecule has 0 aliphatic heterocycles. The molecule has 4 nitrogen and oxygen atoms in total. The number of hydrogen-bond acceptors (Lipinski definition) is 4. The summed E-state index contributed by atoms with van der Waals surface area (Å²) in [7, 11) is 0. The molecule has 1 N–H and O–H groups in total. The summed E-state index contributed by atoms with van der Waals surface area (Å²) in [5.41, 5.74) is 0.0298. The van der Waals surface area contributed by atoms with Crippen molar-refractivity contribution in [3.05, 3.63) is 24.0 Å². The third kappa shape index (κ3) is 3.26. The number of carbonyl (C=O) groups is 1. The van der Waals surface area contributed by atoms with E-state index in [4.69, 9.17) is 9.84 Å². The highest BCUT2D eigenvalue weighted by atomic mass is 32.2. The molecule has 0 bridgehead atoms. The quantitative estimate of drug-likeness (QED) is 0.751. The van der Waals surface area contributed by atoms with Gasteiger partial charge in [0.15, 0.2) is 0 Å². The lowest BCUT2D eigenvalue weighted by Crippen LogP contribution is -2.02. The van der Waals surface area contributed by atoms with Crippen molar-refractivity contribution in [1.82, 2.24) is 4.98 Å². The Morgan fingerprint density at radius 3 is 2.93 bits per heavy atom. The first-order chi connectivity index (χ1) is 6.74. The average molecular weight is 213 g/mol. The van der Waals surface area contributed by atoms with Crippen molar-refractivity contribution in [1.29, 1.82) is 0 Å². The normalized spacial score (nSPS) is 9.79. The number of hydrogen-bond donors (Lipinski definition) is 1. The smallest absolute Gasteiger partial charge is 0.354 e. The fourth-order valence-electron chi connectivity index (χ4n) is 0.835. The topological polar surface area (TPSA) is 59.4 Å². The Kier molecular flexibility index (Phi) is 4.25. The van der Waals surface area contributed by atoms with Gasteiger partial charge in [-0.2, -0.15) is 11.8 Å². The number of carboxylic acid groups (broad SMARTS) is 1. The minimum absolute atomic E-state index is 0.0298. The molecule has 1 aromatic heterocycles. The number of nitrogens with zero attached hydrogens (tertiary/aromatic N) is 1. The third-order valence-corrected chi connectivity index (χ3v) is 2.09. The highest BCUT2D eigenvalue weighted by molar-refractivity contribution is 7.98. The van der Waals surface area contributed by atoms with Gasteiger partial charge in [0, 0.05) is 5.75 Å². The lowest BCUT2D eigenvalue weighted by atomic mass is 10.3. The van der Waals surface area contributed by atoms with E-state index in [1.807, 2.05) is 6.26 Å². The maximum atomic E-state index is 10.5. The lowest BCUT2D eigenvalue weighted by Gasteiger charge is -2.03.